The Morgan fingerprint density at radius 2 is 1.89 bits per heavy atom. The molecule has 2 amide bonds. The normalized spacial score (nSPS) is 23.0. The van der Waals surface area contributed by atoms with Crippen LogP contribution >= 0.6 is 12.4 Å². The number of nitrogens with two attached hydrogens (primary N) is 1. The average Bonchev–Trinajstić information content (AvgIpc) is 3.12. The lowest BCUT2D eigenvalue weighted by Crippen LogP contribution is -2.37. The van der Waals surface area contributed by atoms with Crippen molar-refractivity contribution in [3.63, 3.8) is 0 Å². The van der Waals surface area contributed by atoms with Gasteiger partial charge in [0.1, 0.15) is 0 Å². The van der Waals surface area contributed by atoms with Gasteiger partial charge in [0.15, 0.2) is 0 Å². The number of carbonyl (C=O) groups is 2. The van der Waals surface area contributed by atoms with Crippen molar-refractivity contribution in [1.29, 1.82) is 0 Å². The third-order valence-electron chi connectivity index (χ3n) is 6.10. The Hall–Kier alpha value is -1.59. The molecule has 3 rings (SSSR count). The van der Waals surface area contributed by atoms with Crippen LogP contribution in [-0.2, 0) is 4.79 Å². The first-order valence-electron chi connectivity index (χ1n) is 9.90. The Morgan fingerprint density at radius 3 is 2.52 bits per heavy atom. The van der Waals surface area contributed by atoms with Gasteiger partial charge in [0.25, 0.3) is 5.91 Å². The molecule has 2 atom stereocenters. The van der Waals surface area contributed by atoms with Gasteiger partial charge < -0.3 is 16.0 Å². The van der Waals surface area contributed by atoms with Gasteiger partial charge in [-0.1, -0.05) is 13.3 Å². The number of nitrogens with one attached hydrogen (secondary N) is 1. The first-order chi connectivity index (χ1) is 12.5. The quantitative estimate of drug-likeness (QED) is 0.820. The fourth-order valence-electron chi connectivity index (χ4n) is 4.22. The molecular weight excluding hydrogens is 362 g/mol. The molecule has 6 heteroatoms. The SMILES string of the molecule is Cc1cc(C(=O)N2CCC(C)CC2)ccc1NC(=O)[C@@H]1CCC[C@@H]1CN.Cl. The first kappa shape index (κ1) is 21.7. The van der Waals surface area contributed by atoms with Gasteiger partial charge in [-0.3, -0.25) is 9.59 Å². The van der Waals surface area contributed by atoms with E-state index >= 15 is 0 Å². The molecule has 150 valence electrons. The summed E-state index contributed by atoms with van der Waals surface area (Å²) in [4.78, 5) is 27.2. The van der Waals surface area contributed by atoms with E-state index in [1.165, 1.54) is 0 Å². The lowest BCUT2D eigenvalue weighted by molar-refractivity contribution is -0.120. The minimum Gasteiger partial charge on any atom is -0.339 e. The van der Waals surface area contributed by atoms with Crippen molar-refractivity contribution in [2.24, 2.45) is 23.5 Å². The van der Waals surface area contributed by atoms with Crippen molar-refractivity contribution < 1.29 is 9.59 Å². The van der Waals surface area contributed by atoms with E-state index in [0.717, 1.165) is 56.4 Å². The predicted octanol–water partition coefficient (Wildman–Crippen LogP) is 3.60. The molecule has 1 aliphatic carbocycles. The summed E-state index contributed by atoms with van der Waals surface area (Å²) < 4.78 is 0. The number of hydrogen-bond donors (Lipinski definition) is 2. The van der Waals surface area contributed by atoms with Crippen LogP contribution in [-0.4, -0.2) is 36.3 Å². The molecule has 0 unspecified atom stereocenters. The van der Waals surface area contributed by atoms with Crippen LogP contribution in [0.25, 0.3) is 0 Å². The van der Waals surface area contributed by atoms with Gasteiger partial charge in [0.2, 0.25) is 5.91 Å². The van der Waals surface area contributed by atoms with Crippen molar-refractivity contribution in [2.45, 2.75) is 46.0 Å². The molecular formula is C21H32ClN3O2. The summed E-state index contributed by atoms with van der Waals surface area (Å²) in [5, 5.41) is 3.05. The summed E-state index contributed by atoms with van der Waals surface area (Å²) in [6.07, 6.45) is 5.16. The number of nitrogens with zero attached hydrogens (tertiary/aromatic N) is 1. The van der Waals surface area contributed by atoms with Crippen molar-refractivity contribution in [2.75, 3.05) is 25.0 Å². The molecule has 3 N–H and O–H groups in total. The molecule has 5 nitrogen and oxygen atoms in total. The van der Waals surface area contributed by atoms with Crippen LogP contribution in [0.4, 0.5) is 5.69 Å². The molecule has 1 aromatic rings. The molecule has 0 spiro atoms. The lowest BCUT2D eigenvalue weighted by atomic mass is 9.95. The van der Waals surface area contributed by atoms with E-state index in [-0.39, 0.29) is 36.1 Å². The van der Waals surface area contributed by atoms with Crippen LogP contribution in [0, 0.1) is 24.7 Å². The van der Waals surface area contributed by atoms with Crippen molar-refractivity contribution in [1.82, 2.24) is 4.90 Å². The zero-order valence-electron chi connectivity index (χ0n) is 16.4. The molecule has 1 saturated carbocycles. The highest BCUT2D eigenvalue weighted by molar-refractivity contribution is 5.97. The molecule has 2 aliphatic rings. The summed E-state index contributed by atoms with van der Waals surface area (Å²) in [7, 11) is 0. The second-order valence-electron chi connectivity index (χ2n) is 8.03. The molecule has 0 bridgehead atoms. The number of rotatable bonds is 4. The van der Waals surface area contributed by atoms with Crippen molar-refractivity contribution in [3.8, 4) is 0 Å². The molecule has 1 saturated heterocycles. The standard InChI is InChI=1S/C21H31N3O2.ClH/c1-14-8-10-24(11-9-14)21(26)16-6-7-19(15(2)12-16)23-20(25)18-5-3-4-17(18)13-22;/h6-7,12,14,17-18H,3-5,8-11,13,22H2,1-2H3,(H,23,25);1H/t17-,18-;/m1./s1. The summed E-state index contributed by atoms with van der Waals surface area (Å²) in [6.45, 7) is 6.42. The van der Waals surface area contributed by atoms with E-state index in [9.17, 15) is 9.59 Å². The number of halogens is 1. The van der Waals surface area contributed by atoms with Gasteiger partial charge in [-0.05, 0) is 74.8 Å². The Morgan fingerprint density at radius 1 is 1.19 bits per heavy atom. The van der Waals surface area contributed by atoms with E-state index in [1.807, 2.05) is 30.0 Å². The van der Waals surface area contributed by atoms with Crippen molar-refractivity contribution in [3.05, 3.63) is 29.3 Å². The minimum atomic E-state index is 0. The number of hydrogen-bond acceptors (Lipinski definition) is 3. The average molecular weight is 394 g/mol. The number of likely N-dealkylation sites (tertiary alicyclic amines) is 1. The van der Waals surface area contributed by atoms with Gasteiger partial charge in [-0.2, -0.15) is 0 Å². The maximum Gasteiger partial charge on any atom is 0.253 e. The third-order valence-corrected chi connectivity index (χ3v) is 6.10. The summed E-state index contributed by atoms with van der Waals surface area (Å²) in [6, 6.07) is 5.59. The number of piperidine rings is 1. The first-order valence-corrected chi connectivity index (χ1v) is 9.90. The van der Waals surface area contributed by atoms with Gasteiger partial charge in [0.05, 0.1) is 0 Å². The van der Waals surface area contributed by atoms with E-state index in [0.29, 0.717) is 18.0 Å². The van der Waals surface area contributed by atoms with Gasteiger partial charge in [-0.15, -0.1) is 12.4 Å². The van der Waals surface area contributed by atoms with Crippen molar-refractivity contribution >= 4 is 29.9 Å². The topological polar surface area (TPSA) is 75.4 Å². The number of amides is 2. The maximum absolute atomic E-state index is 12.7. The summed E-state index contributed by atoms with van der Waals surface area (Å²) in [5.74, 6) is 1.15. The number of benzene rings is 1. The Balaban J connectivity index is 0.00000261. The van der Waals surface area contributed by atoms with Crippen LogP contribution in [0.5, 0.6) is 0 Å². The van der Waals surface area contributed by atoms with Crippen LogP contribution in [0.3, 0.4) is 0 Å². The van der Waals surface area contributed by atoms with E-state index in [4.69, 9.17) is 5.73 Å². The number of aryl methyl sites for hydroxylation is 1. The largest absolute Gasteiger partial charge is 0.339 e. The van der Waals surface area contributed by atoms with Crippen LogP contribution in [0.1, 0.15) is 54.9 Å². The van der Waals surface area contributed by atoms with Gasteiger partial charge in [-0.25, -0.2) is 0 Å². The van der Waals surface area contributed by atoms with Crippen LogP contribution < -0.4 is 11.1 Å². The Labute approximate surface area is 168 Å². The highest BCUT2D eigenvalue weighted by Gasteiger charge is 2.32. The molecule has 0 aromatic heterocycles. The molecule has 1 aromatic carbocycles. The third kappa shape index (κ3) is 5.02. The maximum atomic E-state index is 12.7. The summed E-state index contributed by atoms with van der Waals surface area (Å²) in [5.41, 5.74) is 8.22. The zero-order chi connectivity index (χ0) is 18.7. The molecule has 0 radical (unpaired) electrons. The molecule has 1 aliphatic heterocycles. The van der Waals surface area contributed by atoms with Crippen LogP contribution in [0.2, 0.25) is 0 Å². The van der Waals surface area contributed by atoms with E-state index < -0.39 is 0 Å². The second kappa shape index (κ2) is 9.56. The predicted molar refractivity (Wildman–Crippen MR) is 111 cm³/mol. The zero-order valence-corrected chi connectivity index (χ0v) is 17.2. The smallest absolute Gasteiger partial charge is 0.253 e. The molecule has 2 fully saturated rings. The van der Waals surface area contributed by atoms with E-state index in [2.05, 4.69) is 12.2 Å². The number of carbonyl (C=O) groups excluding carboxylic acids is 2. The lowest BCUT2D eigenvalue weighted by Gasteiger charge is -2.30. The number of anilines is 1. The highest BCUT2D eigenvalue weighted by atomic mass is 35.5. The van der Waals surface area contributed by atoms with Crippen LogP contribution in [0.15, 0.2) is 18.2 Å². The Bertz CT molecular complexity index is 671. The highest BCUT2D eigenvalue weighted by Crippen LogP contribution is 2.32. The minimum absolute atomic E-state index is 0. The van der Waals surface area contributed by atoms with Gasteiger partial charge in [0, 0.05) is 30.3 Å². The fraction of sp³-hybridized carbons (Fsp3) is 0.619. The van der Waals surface area contributed by atoms with E-state index in [1.54, 1.807) is 0 Å². The van der Waals surface area contributed by atoms with Gasteiger partial charge >= 0.3 is 0 Å². The Kier molecular flexibility index (Phi) is 7.68. The molecule has 1 heterocycles. The fourth-order valence-corrected chi connectivity index (χ4v) is 4.22. The monoisotopic (exact) mass is 393 g/mol. The second-order valence-corrected chi connectivity index (χ2v) is 8.03. The summed E-state index contributed by atoms with van der Waals surface area (Å²) >= 11 is 0. The molecule has 27 heavy (non-hydrogen) atoms.